The van der Waals surface area contributed by atoms with E-state index in [1.165, 1.54) is 17.0 Å². The third kappa shape index (κ3) is 3.40. The number of carbonyl (C=O) groups is 2. The van der Waals surface area contributed by atoms with E-state index in [9.17, 15) is 9.59 Å². The maximum atomic E-state index is 11.0. The zero-order chi connectivity index (χ0) is 13.7. The van der Waals surface area contributed by atoms with Crippen LogP contribution in [0.1, 0.15) is 10.4 Å². The molecule has 0 heterocycles. The molecule has 0 radical (unpaired) electrons. The van der Waals surface area contributed by atoms with Crippen molar-refractivity contribution in [1.29, 1.82) is 0 Å². The van der Waals surface area contributed by atoms with Gasteiger partial charge in [0.05, 0.1) is 17.1 Å². The molecule has 0 unspecified atom stereocenters. The lowest BCUT2D eigenvalue weighted by Gasteiger charge is -2.20. The average molecular weight is 267 g/mol. The number of carbonyl (C=O) groups excluding carboxylic acids is 1. The Morgan fingerprint density at radius 2 is 2.17 bits per heavy atom. The molecule has 0 bridgehead atoms. The molecule has 94 valence electrons. The topological polar surface area (TPSA) is 83.6 Å². The van der Waals surface area contributed by atoms with Crippen LogP contribution in [0.3, 0.4) is 0 Å². The summed E-state index contributed by atoms with van der Waals surface area (Å²) in [6, 6.07) is 4.44. The van der Waals surface area contributed by atoms with E-state index in [4.69, 9.17) is 28.9 Å². The fraction of sp³-hybridized carbons (Fsp3) is 0.167. The molecule has 0 aliphatic carbocycles. The number of aliphatic carboxylic acids is 1. The van der Waals surface area contributed by atoms with E-state index in [2.05, 4.69) is 5.92 Å². The van der Waals surface area contributed by atoms with E-state index in [-0.39, 0.29) is 23.7 Å². The van der Waals surface area contributed by atoms with Crippen LogP contribution in [-0.2, 0) is 4.79 Å². The smallest absolute Gasteiger partial charge is 0.323 e. The summed E-state index contributed by atoms with van der Waals surface area (Å²) >= 11 is 5.88. The van der Waals surface area contributed by atoms with Crippen LogP contribution < -0.4 is 10.6 Å². The highest BCUT2D eigenvalue weighted by Crippen LogP contribution is 2.23. The predicted octanol–water partition coefficient (Wildman–Crippen LogP) is 0.963. The van der Waals surface area contributed by atoms with Crippen molar-refractivity contribution in [1.82, 2.24) is 0 Å². The minimum absolute atomic E-state index is 0.124. The quantitative estimate of drug-likeness (QED) is 0.778. The summed E-state index contributed by atoms with van der Waals surface area (Å²) in [4.78, 5) is 23.1. The number of carboxylic acids is 1. The van der Waals surface area contributed by atoms with Gasteiger partial charge >= 0.3 is 5.97 Å². The van der Waals surface area contributed by atoms with E-state index in [0.29, 0.717) is 5.69 Å². The lowest BCUT2D eigenvalue weighted by atomic mass is 10.2. The van der Waals surface area contributed by atoms with E-state index in [1.54, 1.807) is 6.07 Å². The molecule has 0 aromatic heterocycles. The van der Waals surface area contributed by atoms with Gasteiger partial charge in [0.25, 0.3) is 0 Å². The number of terminal acetylenes is 1. The van der Waals surface area contributed by atoms with Crippen molar-refractivity contribution in [3.8, 4) is 12.3 Å². The molecule has 0 atom stereocenters. The number of anilines is 1. The van der Waals surface area contributed by atoms with Gasteiger partial charge in [-0.3, -0.25) is 9.59 Å². The van der Waals surface area contributed by atoms with Crippen LogP contribution in [0.15, 0.2) is 18.2 Å². The number of benzene rings is 1. The number of hydrogen-bond donors (Lipinski definition) is 2. The third-order valence-electron chi connectivity index (χ3n) is 2.19. The Balaban J connectivity index is 3.07. The second-order valence-corrected chi connectivity index (χ2v) is 3.89. The molecule has 0 spiro atoms. The Bertz CT molecular complexity index is 523. The Morgan fingerprint density at radius 1 is 1.50 bits per heavy atom. The first-order valence-electron chi connectivity index (χ1n) is 4.95. The van der Waals surface area contributed by atoms with Crippen molar-refractivity contribution in [2.75, 3.05) is 18.0 Å². The van der Waals surface area contributed by atoms with Gasteiger partial charge in [0.2, 0.25) is 5.91 Å². The maximum Gasteiger partial charge on any atom is 0.323 e. The molecule has 0 saturated carbocycles. The molecular formula is C12H11ClN2O3. The molecular weight excluding hydrogens is 256 g/mol. The Hall–Kier alpha value is -2.19. The highest BCUT2D eigenvalue weighted by Gasteiger charge is 2.13. The second kappa shape index (κ2) is 5.94. The molecule has 0 fully saturated rings. The number of halogens is 1. The van der Waals surface area contributed by atoms with Crippen LogP contribution in [0.25, 0.3) is 0 Å². The first kappa shape index (κ1) is 13.9. The van der Waals surface area contributed by atoms with Gasteiger partial charge in [-0.2, -0.15) is 0 Å². The molecule has 18 heavy (non-hydrogen) atoms. The van der Waals surface area contributed by atoms with Crippen LogP contribution in [0.4, 0.5) is 5.69 Å². The van der Waals surface area contributed by atoms with Crippen LogP contribution in [0.5, 0.6) is 0 Å². The molecule has 3 N–H and O–H groups in total. The third-order valence-corrected chi connectivity index (χ3v) is 2.50. The van der Waals surface area contributed by atoms with E-state index >= 15 is 0 Å². The molecule has 1 aromatic rings. The molecule has 5 nitrogen and oxygen atoms in total. The van der Waals surface area contributed by atoms with Crippen LogP contribution in [0, 0.1) is 12.3 Å². The highest BCUT2D eigenvalue weighted by atomic mass is 35.5. The molecule has 0 aliphatic rings. The van der Waals surface area contributed by atoms with Crippen molar-refractivity contribution >= 4 is 29.2 Å². The van der Waals surface area contributed by atoms with Gasteiger partial charge in [0.1, 0.15) is 6.54 Å². The number of nitrogens with two attached hydrogens (primary N) is 1. The monoisotopic (exact) mass is 266 g/mol. The minimum atomic E-state index is -1.01. The highest BCUT2D eigenvalue weighted by molar-refractivity contribution is 6.34. The van der Waals surface area contributed by atoms with E-state index in [0.717, 1.165) is 0 Å². The Morgan fingerprint density at radius 3 is 2.61 bits per heavy atom. The molecule has 6 heteroatoms. The largest absolute Gasteiger partial charge is 0.480 e. The first-order chi connectivity index (χ1) is 8.45. The molecule has 1 amide bonds. The molecule has 0 saturated heterocycles. The fourth-order valence-corrected chi connectivity index (χ4v) is 1.68. The summed E-state index contributed by atoms with van der Waals surface area (Å²) in [5, 5.41) is 8.93. The number of primary amides is 1. The number of hydrogen-bond acceptors (Lipinski definition) is 3. The average Bonchev–Trinajstić information content (AvgIpc) is 2.27. The Labute approximate surface area is 109 Å². The Kier molecular flexibility index (Phi) is 4.58. The standard InChI is InChI=1S/C12H11ClN2O3/c1-2-5-15(7-11(16)17)8-3-4-9(12(14)18)10(13)6-8/h1,3-4,6H,5,7H2,(H2,14,18)(H,16,17). The maximum absolute atomic E-state index is 11.0. The van der Waals surface area contributed by atoms with Crippen molar-refractivity contribution in [2.24, 2.45) is 5.73 Å². The van der Waals surface area contributed by atoms with Gasteiger partial charge in [-0.15, -0.1) is 6.42 Å². The molecule has 1 rings (SSSR count). The first-order valence-corrected chi connectivity index (χ1v) is 5.33. The summed E-state index contributed by atoms with van der Waals surface area (Å²) in [7, 11) is 0. The normalized spacial score (nSPS) is 9.56. The molecule has 0 aliphatic heterocycles. The lowest BCUT2D eigenvalue weighted by molar-refractivity contribution is -0.135. The van der Waals surface area contributed by atoms with Gasteiger partial charge < -0.3 is 15.7 Å². The summed E-state index contributed by atoms with van der Waals surface area (Å²) in [5.41, 5.74) is 5.81. The van der Waals surface area contributed by atoms with E-state index in [1.807, 2.05) is 0 Å². The number of carboxylic acid groups (broad SMARTS) is 1. The predicted molar refractivity (Wildman–Crippen MR) is 68.7 cm³/mol. The summed E-state index contributed by atoms with van der Waals surface area (Å²) in [6.45, 7) is -0.130. The summed E-state index contributed by atoms with van der Waals surface area (Å²) in [5.74, 6) is 0.698. The summed E-state index contributed by atoms with van der Waals surface area (Å²) in [6.07, 6.45) is 5.17. The summed E-state index contributed by atoms with van der Waals surface area (Å²) < 4.78 is 0. The van der Waals surface area contributed by atoms with Crippen molar-refractivity contribution in [3.63, 3.8) is 0 Å². The lowest BCUT2D eigenvalue weighted by Crippen LogP contribution is -2.30. The zero-order valence-corrected chi connectivity index (χ0v) is 10.1. The van der Waals surface area contributed by atoms with E-state index < -0.39 is 11.9 Å². The van der Waals surface area contributed by atoms with Crippen molar-refractivity contribution in [3.05, 3.63) is 28.8 Å². The number of nitrogens with zero attached hydrogens (tertiary/aromatic N) is 1. The van der Waals surface area contributed by atoms with Gasteiger partial charge in [-0.1, -0.05) is 17.5 Å². The second-order valence-electron chi connectivity index (χ2n) is 3.48. The minimum Gasteiger partial charge on any atom is -0.480 e. The van der Waals surface area contributed by atoms with Crippen LogP contribution in [0.2, 0.25) is 5.02 Å². The van der Waals surface area contributed by atoms with Crippen molar-refractivity contribution in [2.45, 2.75) is 0 Å². The van der Waals surface area contributed by atoms with Crippen LogP contribution >= 0.6 is 11.6 Å². The number of amides is 1. The van der Waals surface area contributed by atoms with Crippen LogP contribution in [-0.4, -0.2) is 30.1 Å². The molecule has 1 aromatic carbocycles. The number of rotatable bonds is 5. The van der Waals surface area contributed by atoms with Crippen molar-refractivity contribution < 1.29 is 14.7 Å². The fourth-order valence-electron chi connectivity index (χ4n) is 1.41. The van der Waals surface area contributed by atoms with Gasteiger partial charge in [0, 0.05) is 5.69 Å². The van der Waals surface area contributed by atoms with Gasteiger partial charge in [-0.05, 0) is 18.2 Å². The zero-order valence-electron chi connectivity index (χ0n) is 9.39. The van der Waals surface area contributed by atoms with Gasteiger partial charge in [-0.25, -0.2) is 0 Å². The SMILES string of the molecule is C#CCN(CC(=O)O)c1ccc(C(N)=O)c(Cl)c1. The van der Waals surface area contributed by atoms with Gasteiger partial charge in [0.15, 0.2) is 0 Å².